The molecule has 0 aliphatic carbocycles. The Balaban J connectivity index is 3.42. The third kappa shape index (κ3) is 43.4. The van der Waals surface area contributed by atoms with E-state index < -0.39 is 18.2 Å². The number of aliphatic hydroxyl groups is 3. The number of rotatable bonds is 50. The van der Waals surface area contributed by atoms with Crippen molar-refractivity contribution in [3.05, 3.63) is 0 Å². The van der Waals surface area contributed by atoms with Crippen molar-refractivity contribution in [1.82, 2.24) is 5.32 Å². The average molecular weight is 822 g/mol. The molecule has 3 atom stereocenters. The molecule has 5 nitrogen and oxygen atoms in total. The Kier molecular flexibility index (Phi) is 48.5. The lowest BCUT2D eigenvalue weighted by molar-refractivity contribution is -0.124. The first kappa shape index (κ1) is 57.3. The normalized spacial score (nSPS) is 13.3. The maximum absolute atomic E-state index is 12.5. The van der Waals surface area contributed by atoms with Crippen LogP contribution in [0.5, 0.6) is 0 Å². The topological polar surface area (TPSA) is 89.8 Å². The number of nitrogens with one attached hydrogen (secondary N) is 1. The van der Waals surface area contributed by atoms with Crippen molar-refractivity contribution in [2.75, 3.05) is 6.61 Å². The first-order chi connectivity index (χ1) is 28.6. The molecule has 0 fully saturated rings. The Labute approximate surface area is 364 Å². The zero-order chi connectivity index (χ0) is 42.3. The van der Waals surface area contributed by atoms with E-state index in [0.717, 1.165) is 32.1 Å². The predicted molar refractivity (Wildman–Crippen MR) is 255 cm³/mol. The number of amides is 1. The van der Waals surface area contributed by atoms with Gasteiger partial charge in [0.1, 0.15) is 6.10 Å². The maximum atomic E-state index is 12.5. The summed E-state index contributed by atoms with van der Waals surface area (Å²) in [6, 6.07) is -0.803. The van der Waals surface area contributed by atoms with Crippen LogP contribution in [0.4, 0.5) is 0 Å². The van der Waals surface area contributed by atoms with Gasteiger partial charge in [-0.05, 0) is 12.8 Å². The van der Waals surface area contributed by atoms with Gasteiger partial charge in [-0.25, -0.2) is 0 Å². The first-order valence-electron chi connectivity index (χ1n) is 26.8. The molecule has 0 saturated heterocycles. The van der Waals surface area contributed by atoms with E-state index in [-0.39, 0.29) is 12.5 Å². The Morgan fingerprint density at radius 3 is 0.828 bits per heavy atom. The molecule has 1 amide bonds. The van der Waals surface area contributed by atoms with Crippen molar-refractivity contribution in [2.24, 2.45) is 0 Å². The van der Waals surface area contributed by atoms with E-state index in [2.05, 4.69) is 19.2 Å². The Morgan fingerprint density at radius 1 is 0.362 bits per heavy atom. The van der Waals surface area contributed by atoms with E-state index in [1.807, 2.05) is 0 Å². The zero-order valence-corrected chi connectivity index (χ0v) is 39.7. The summed E-state index contributed by atoms with van der Waals surface area (Å²) in [4.78, 5) is 12.5. The number of aliphatic hydroxyl groups excluding tert-OH is 3. The van der Waals surface area contributed by atoms with Crippen molar-refractivity contribution >= 4 is 5.91 Å². The average Bonchev–Trinajstić information content (AvgIpc) is 3.23. The molecular weight excluding hydrogens is 715 g/mol. The number of carbonyl (C=O) groups is 1. The number of unbranched alkanes of at least 4 members (excludes halogenated alkanes) is 42. The fourth-order valence-corrected chi connectivity index (χ4v) is 8.81. The van der Waals surface area contributed by atoms with Gasteiger partial charge in [-0.15, -0.1) is 0 Å². The van der Waals surface area contributed by atoms with Crippen LogP contribution in [-0.2, 0) is 4.79 Å². The van der Waals surface area contributed by atoms with Gasteiger partial charge in [0.2, 0.25) is 5.91 Å². The summed E-state index contributed by atoms with van der Waals surface area (Å²) in [7, 11) is 0. The lowest BCUT2D eigenvalue weighted by Gasteiger charge is -2.26. The van der Waals surface area contributed by atoms with E-state index >= 15 is 0 Å². The van der Waals surface area contributed by atoms with Crippen LogP contribution in [0.25, 0.3) is 0 Å². The quantitative estimate of drug-likeness (QED) is 0.0460. The second-order valence-corrected chi connectivity index (χ2v) is 18.8. The van der Waals surface area contributed by atoms with Crippen molar-refractivity contribution < 1.29 is 20.1 Å². The summed E-state index contributed by atoms with van der Waals surface area (Å²) < 4.78 is 0. The van der Waals surface area contributed by atoms with Crippen LogP contribution in [0.1, 0.15) is 309 Å². The fraction of sp³-hybridized carbons (Fsp3) is 0.981. The van der Waals surface area contributed by atoms with Crippen molar-refractivity contribution in [3.8, 4) is 0 Å². The molecule has 0 saturated carbocycles. The van der Waals surface area contributed by atoms with Crippen LogP contribution in [-0.4, -0.2) is 46.1 Å². The van der Waals surface area contributed by atoms with Crippen LogP contribution in [0.3, 0.4) is 0 Å². The maximum Gasteiger partial charge on any atom is 0.220 e. The van der Waals surface area contributed by atoms with Crippen LogP contribution >= 0.6 is 0 Å². The number of carbonyl (C=O) groups excluding carboxylic acids is 1. The van der Waals surface area contributed by atoms with Gasteiger partial charge < -0.3 is 20.6 Å². The first-order valence-corrected chi connectivity index (χ1v) is 26.8. The second kappa shape index (κ2) is 49.0. The molecule has 0 aromatic carbocycles. The highest BCUT2D eigenvalue weighted by atomic mass is 16.3. The van der Waals surface area contributed by atoms with Gasteiger partial charge in [0.25, 0.3) is 0 Å². The zero-order valence-electron chi connectivity index (χ0n) is 39.7. The van der Waals surface area contributed by atoms with Gasteiger partial charge in [0.15, 0.2) is 0 Å². The lowest BCUT2D eigenvalue weighted by Crippen LogP contribution is -2.50. The van der Waals surface area contributed by atoms with Crippen molar-refractivity contribution in [2.45, 2.75) is 327 Å². The molecule has 58 heavy (non-hydrogen) atoms. The minimum atomic E-state index is -1.13. The summed E-state index contributed by atoms with van der Waals surface area (Å²) in [6.45, 7) is 4.20. The highest BCUT2D eigenvalue weighted by Crippen LogP contribution is 2.18. The van der Waals surface area contributed by atoms with Gasteiger partial charge >= 0.3 is 0 Å². The third-order valence-corrected chi connectivity index (χ3v) is 13.0. The van der Waals surface area contributed by atoms with Gasteiger partial charge in [0.05, 0.1) is 18.8 Å². The molecule has 0 spiro atoms. The van der Waals surface area contributed by atoms with Gasteiger partial charge in [-0.1, -0.05) is 290 Å². The summed E-state index contributed by atoms with van der Waals surface area (Å²) in [5, 5.41) is 33.6. The molecule has 0 aromatic rings. The molecule has 0 aliphatic heterocycles. The minimum absolute atomic E-state index is 0.138. The summed E-state index contributed by atoms with van der Waals surface area (Å²) in [5.74, 6) is -0.138. The van der Waals surface area contributed by atoms with Crippen LogP contribution in [0.15, 0.2) is 0 Å². The number of hydrogen-bond donors (Lipinski definition) is 4. The van der Waals surface area contributed by atoms with Gasteiger partial charge in [0, 0.05) is 6.42 Å². The second-order valence-electron chi connectivity index (χ2n) is 18.8. The smallest absolute Gasteiger partial charge is 0.220 e. The molecule has 3 unspecified atom stereocenters. The Hall–Kier alpha value is -0.650. The fourth-order valence-electron chi connectivity index (χ4n) is 8.81. The predicted octanol–water partition coefficient (Wildman–Crippen LogP) is 16.2. The number of hydrogen-bond acceptors (Lipinski definition) is 4. The summed E-state index contributed by atoms with van der Waals surface area (Å²) in [6.07, 6.45) is 58.4. The van der Waals surface area contributed by atoms with Crippen LogP contribution in [0, 0.1) is 0 Å². The molecule has 0 rings (SSSR count). The van der Waals surface area contributed by atoms with Crippen molar-refractivity contribution in [3.63, 3.8) is 0 Å². The minimum Gasteiger partial charge on any atom is -0.394 e. The van der Waals surface area contributed by atoms with Crippen molar-refractivity contribution in [1.29, 1.82) is 0 Å². The van der Waals surface area contributed by atoms with E-state index in [9.17, 15) is 20.1 Å². The van der Waals surface area contributed by atoms with Crippen LogP contribution in [0.2, 0.25) is 0 Å². The Bertz CT molecular complexity index is 777. The summed E-state index contributed by atoms with van der Waals surface area (Å²) in [5.41, 5.74) is 0. The van der Waals surface area contributed by atoms with Gasteiger partial charge in [-0.3, -0.25) is 4.79 Å². The lowest BCUT2D eigenvalue weighted by atomic mass is 9.99. The standard InChI is InChI=1S/C53H107NO4/c1-3-5-7-9-11-13-15-17-18-19-20-21-22-23-24-25-26-27-28-29-30-31-32-33-34-35-36-38-40-42-44-46-48-52(57)54-50(49-55)53(58)51(56)47-45-43-41-39-37-16-14-12-10-8-6-4-2/h50-51,53,55-56,58H,3-49H2,1-2H3,(H,54,57). The monoisotopic (exact) mass is 822 g/mol. The van der Waals surface area contributed by atoms with E-state index in [1.165, 1.54) is 250 Å². The molecule has 0 bridgehead atoms. The molecule has 0 heterocycles. The molecular formula is C53H107NO4. The largest absolute Gasteiger partial charge is 0.394 e. The van der Waals surface area contributed by atoms with E-state index in [4.69, 9.17) is 0 Å². The van der Waals surface area contributed by atoms with E-state index in [1.54, 1.807) is 0 Å². The molecule has 4 N–H and O–H groups in total. The summed E-state index contributed by atoms with van der Waals surface area (Å²) >= 11 is 0. The molecule has 5 heteroatoms. The molecule has 0 aromatic heterocycles. The Morgan fingerprint density at radius 2 is 0.586 bits per heavy atom. The highest BCUT2D eigenvalue weighted by molar-refractivity contribution is 5.76. The highest BCUT2D eigenvalue weighted by Gasteiger charge is 2.26. The van der Waals surface area contributed by atoms with Crippen LogP contribution < -0.4 is 5.32 Å². The van der Waals surface area contributed by atoms with Gasteiger partial charge in [-0.2, -0.15) is 0 Å². The molecule has 348 valence electrons. The third-order valence-electron chi connectivity index (χ3n) is 13.0. The molecule has 0 radical (unpaired) electrons. The molecule has 0 aliphatic rings. The SMILES string of the molecule is CCCCCCCCCCCCCCCCCCCCCCCCCCCCCCCCCCC(=O)NC(CO)C(O)C(O)CCCCCCCCCCCCCC. The van der Waals surface area contributed by atoms with E-state index in [0.29, 0.717) is 12.8 Å².